The first-order valence-electron chi connectivity index (χ1n) is 18.6. The monoisotopic (exact) mass is 750 g/mol. The maximum absolute atomic E-state index is 14.6. The maximum atomic E-state index is 14.6. The summed E-state index contributed by atoms with van der Waals surface area (Å²) >= 11 is 0. The number of nitrogens with zero attached hydrogens (tertiary/aromatic N) is 4. The van der Waals surface area contributed by atoms with Crippen LogP contribution in [0.5, 0.6) is 0 Å². The summed E-state index contributed by atoms with van der Waals surface area (Å²) in [5, 5.41) is 29.9. The van der Waals surface area contributed by atoms with E-state index in [9.17, 15) is 29.1 Å². The van der Waals surface area contributed by atoms with Crippen LogP contribution >= 0.6 is 0 Å². The minimum absolute atomic E-state index is 0.0453. The van der Waals surface area contributed by atoms with Crippen molar-refractivity contribution < 1.29 is 29.1 Å². The minimum atomic E-state index is -1.25. The molecule has 1 unspecified atom stereocenters. The average molecular weight is 751 g/mol. The molecule has 1 fully saturated rings. The smallest absolute Gasteiger partial charge is 0.326 e. The number of aliphatic carboxylic acids is 1. The Morgan fingerprint density at radius 3 is 2.15 bits per heavy atom. The lowest BCUT2D eigenvalue weighted by atomic mass is 10.0. The maximum Gasteiger partial charge on any atom is 0.326 e. The summed E-state index contributed by atoms with van der Waals surface area (Å²) in [6, 6.07) is 20.0. The summed E-state index contributed by atoms with van der Waals surface area (Å²) in [6.45, 7) is 5.64. The number of carboxylic acid groups (broad SMARTS) is 1. The summed E-state index contributed by atoms with van der Waals surface area (Å²) in [6.07, 6.45) is 3.21. The molecule has 0 spiro atoms. The molecule has 290 valence electrons. The van der Waals surface area contributed by atoms with Crippen molar-refractivity contribution in [2.75, 3.05) is 13.6 Å². The molecular weight excluding hydrogens is 701 g/mol. The molecule has 1 saturated heterocycles. The zero-order chi connectivity index (χ0) is 39.5. The van der Waals surface area contributed by atoms with Crippen molar-refractivity contribution in [3.8, 4) is 0 Å². The Labute approximate surface area is 321 Å². The molecule has 5 N–H and O–H groups in total. The van der Waals surface area contributed by atoms with Gasteiger partial charge in [-0.2, -0.15) is 0 Å². The molecule has 0 aliphatic carbocycles. The van der Waals surface area contributed by atoms with Gasteiger partial charge < -0.3 is 31.3 Å². The van der Waals surface area contributed by atoms with Gasteiger partial charge in [0.05, 0.1) is 17.8 Å². The number of carbonyl (C=O) groups is 5. The average Bonchev–Trinajstić information content (AvgIpc) is 3.87. The Morgan fingerprint density at radius 2 is 1.53 bits per heavy atom. The van der Waals surface area contributed by atoms with Gasteiger partial charge in [0, 0.05) is 25.6 Å². The number of hydrogen-bond acceptors (Lipinski definition) is 8. The van der Waals surface area contributed by atoms with E-state index in [-0.39, 0.29) is 25.8 Å². The molecule has 3 aromatic carbocycles. The van der Waals surface area contributed by atoms with Gasteiger partial charge >= 0.3 is 5.97 Å². The van der Waals surface area contributed by atoms with Gasteiger partial charge in [0.15, 0.2) is 0 Å². The van der Waals surface area contributed by atoms with Gasteiger partial charge in [0.2, 0.25) is 17.7 Å². The highest BCUT2D eigenvalue weighted by Gasteiger charge is 2.44. The molecule has 14 heteroatoms. The second kappa shape index (κ2) is 18.9. The van der Waals surface area contributed by atoms with Gasteiger partial charge in [0.1, 0.15) is 24.2 Å². The van der Waals surface area contributed by atoms with Gasteiger partial charge in [-0.15, -0.1) is 5.10 Å². The molecule has 2 heterocycles. The summed E-state index contributed by atoms with van der Waals surface area (Å²) in [5.74, 6) is -3.36. The molecule has 1 aliphatic heterocycles. The lowest BCUT2D eigenvalue weighted by Crippen LogP contribution is -2.56. The van der Waals surface area contributed by atoms with Crippen molar-refractivity contribution in [2.45, 2.75) is 89.1 Å². The summed E-state index contributed by atoms with van der Waals surface area (Å²) < 4.78 is 1.65. The molecule has 0 saturated carbocycles. The first-order chi connectivity index (χ1) is 26.5. The lowest BCUT2D eigenvalue weighted by Gasteiger charge is -2.30. The van der Waals surface area contributed by atoms with Crippen LogP contribution in [0.4, 0.5) is 0 Å². The number of nitrogens with one attached hydrogen (secondary N) is 4. The van der Waals surface area contributed by atoms with Crippen molar-refractivity contribution in [3.63, 3.8) is 0 Å². The number of carboxylic acids is 1. The predicted molar refractivity (Wildman–Crippen MR) is 206 cm³/mol. The van der Waals surface area contributed by atoms with Crippen LogP contribution in [0.25, 0.3) is 0 Å². The predicted octanol–water partition coefficient (Wildman–Crippen LogP) is 2.69. The van der Waals surface area contributed by atoms with Gasteiger partial charge in [-0.3, -0.25) is 19.2 Å². The molecule has 1 aromatic heterocycles. The number of likely N-dealkylation sites (N-methyl/N-ethyl adjacent to an activating group) is 1. The van der Waals surface area contributed by atoms with E-state index in [1.165, 1.54) is 4.90 Å². The summed E-state index contributed by atoms with van der Waals surface area (Å²) in [7, 11) is 1.64. The van der Waals surface area contributed by atoms with E-state index in [4.69, 9.17) is 0 Å². The molecule has 0 bridgehead atoms. The van der Waals surface area contributed by atoms with Crippen molar-refractivity contribution >= 4 is 29.6 Å². The van der Waals surface area contributed by atoms with E-state index in [2.05, 4.69) is 31.6 Å². The standard InChI is InChI=1S/C41H50N8O6/c1-5-31-24-49(47-46-31)32-23-35(48(25-32)40(53)36(30-14-10-7-11-15-30)45-37(50)27(3)42-4)39(52)43-33(21-20-28-12-8-6-9-13-28)38(51)44-34(41(54)55)22-29-18-16-26(2)17-19-29/h6-19,24,27,32-36,42H,5,20-23,25H2,1-4H3,(H,43,52)(H,44,51)(H,45,50)(H,54,55)/t27-,32-,33-,34-,35-,36?/m0/s1. The second-order valence-electron chi connectivity index (χ2n) is 14.0. The van der Waals surface area contributed by atoms with E-state index in [1.807, 2.05) is 68.4 Å². The molecule has 14 nitrogen and oxygen atoms in total. The largest absolute Gasteiger partial charge is 0.480 e. The zero-order valence-corrected chi connectivity index (χ0v) is 31.6. The molecule has 5 rings (SSSR count). The molecule has 6 atom stereocenters. The van der Waals surface area contributed by atoms with Crippen LogP contribution < -0.4 is 21.3 Å². The fourth-order valence-electron chi connectivity index (χ4n) is 6.57. The van der Waals surface area contributed by atoms with Crippen LogP contribution in [0.3, 0.4) is 0 Å². The van der Waals surface area contributed by atoms with Gasteiger partial charge in [-0.25, -0.2) is 9.48 Å². The number of likely N-dealkylation sites (tertiary alicyclic amines) is 1. The number of aromatic nitrogens is 3. The van der Waals surface area contributed by atoms with E-state index in [0.29, 0.717) is 18.4 Å². The minimum Gasteiger partial charge on any atom is -0.480 e. The third-order valence-electron chi connectivity index (χ3n) is 10.0. The SMILES string of the molecule is CCc1cn([C@H]2C[C@@H](C(=O)N[C@@H](CCc3ccccc3)C(=O)N[C@@H](Cc3ccc(C)cc3)C(=O)O)N(C(=O)C(NC(=O)[C@H](C)NC)c3ccccc3)C2)nn1. The van der Waals surface area contributed by atoms with Crippen molar-refractivity contribution in [1.82, 2.24) is 41.2 Å². The van der Waals surface area contributed by atoms with Crippen LogP contribution in [-0.4, -0.2) is 92.4 Å². The van der Waals surface area contributed by atoms with Gasteiger partial charge in [-0.05, 0) is 56.8 Å². The normalized spacial score (nSPS) is 17.4. The van der Waals surface area contributed by atoms with Crippen LogP contribution in [0.2, 0.25) is 0 Å². The van der Waals surface area contributed by atoms with Gasteiger partial charge in [0.25, 0.3) is 5.91 Å². The molecule has 0 radical (unpaired) electrons. The fraction of sp³-hybridized carbons (Fsp3) is 0.390. The van der Waals surface area contributed by atoms with E-state index in [1.54, 1.807) is 55.2 Å². The summed E-state index contributed by atoms with van der Waals surface area (Å²) in [4.78, 5) is 70.0. The molecule has 55 heavy (non-hydrogen) atoms. The molecule has 1 aliphatic rings. The third-order valence-corrected chi connectivity index (χ3v) is 10.0. The first-order valence-corrected chi connectivity index (χ1v) is 18.6. The van der Waals surface area contributed by atoms with Gasteiger partial charge in [-0.1, -0.05) is 103 Å². The van der Waals surface area contributed by atoms with Crippen molar-refractivity contribution in [3.05, 3.63) is 119 Å². The van der Waals surface area contributed by atoms with Crippen molar-refractivity contribution in [2.24, 2.45) is 0 Å². The zero-order valence-electron chi connectivity index (χ0n) is 31.6. The Hall–Kier alpha value is -5.89. The number of benzene rings is 3. The Kier molecular flexibility index (Phi) is 13.9. The Balaban J connectivity index is 1.44. The summed E-state index contributed by atoms with van der Waals surface area (Å²) in [5.41, 5.74) is 3.96. The van der Waals surface area contributed by atoms with Crippen LogP contribution in [0.15, 0.2) is 91.1 Å². The molecule has 4 amide bonds. The van der Waals surface area contributed by atoms with E-state index < -0.39 is 65.8 Å². The third kappa shape index (κ3) is 10.6. The second-order valence-corrected chi connectivity index (χ2v) is 14.0. The highest BCUT2D eigenvalue weighted by Crippen LogP contribution is 2.31. The number of aryl methyl sites for hydroxylation is 3. The Bertz CT molecular complexity index is 1920. The van der Waals surface area contributed by atoms with Crippen LogP contribution in [-0.2, 0) is 43.2 Å². The number of carbonyl (C=O) groups excluding carboxylic acids is 4. The highest BCUT2D eigenvalue weighted by atomic mass is 16.4. The van der Waals surface area contributed by atoms with E-state index >= 15 is 0 Å². The Morgan fingerprint density at radius 1 is 0.855 bits per heavy atom. The quantitative estimate of drug-likeness (QED) is 0.108. The number of rotatable bonds is 17. The van der Waals surface area contributed by atoms with Crippen molar-refractivity contribution in [1.29, 1.82) is 0 Å². The number of amides is 4. The van der Waals surface area contributed by atoms with E-state index in [0.717, 1.165) is 22.4 Å². The fourth-order valence-corrected chi connectivity index (χ4v) is 6.57. The van der Waals surface area contributed by atoms with Crippen LogP contribution in [0.1, 0.15) is 66.7 Å². The van der Waals surface area contributed by atoms with Crippen LogP contribution in [0, 0.1) is 6.92 Å². The topological polar surface area (TPSA) is 188 Å². The highest BCUT2D eigenvalue weighted by molar-refractivity contribution is 5.96. The first kappa shape index (κ1) is 40.3. The molecular formula is C41H50N8O6. The number of hydrogen-bond donors (Lipinski definition) is 5. The lowest BCUT2D eigenvalue weighted by molar-refractivity contribution is -0.143. The molecule has 4 aromatic rings.